The second-order valence-electron chi connectivity index (χ2n) is 7.71. The molecule has 29 heavy (non-hydrogen) atoms. The maximum atomic E-state index is 12.6. The van der Waals surface area contributed by atoms with Gasteiger partial charge in [-0.25, -0.2) is 9.69 Å². The van der Waals surface area contributed by atoms with Gasteiger partial charge in [0.2, 0.25) is 0 Å². The fraction of sp³-hybridized carbons (Fsp3) is 0.409. The Morgan fingerprint density at radius 3 is 2.31 bits per heavy atom. The zero-order valence-corrected chi connectivity index (χ0v) is 17.1. The van der Waals surface area contributed by atoms with Crippen LogP contribution in [0, 0.1) is 5.92 Å². The molecule has 3 heterocycles. The molecule has 0 spiro atoms. The lowest BCUT2D eigenvalue weighted by atomic mass is 9.91. The van der Waals surface area contributed by atoms with Gasteiger partial charge >= 0.3 is 17.8 Å². The van der Waals surface area contributed by atoms with E-state index in [9.17, 15) is 14.4 Å². The summed E-state index contributed by atoms with van der Waals surface area (Å²) < 4.78 is 0. The molecule has 2 aliphatic rings. The monoisotopic (exact) mass is 411 g/mol. The third-order valence-corrected chi connectivity index (χ3v) is 6.62. The van der Waals surface area contributed by atoms with Crippen molar-refractivity contribution in [1.82, 2.24) is 14.7 Å². The number of nitrogens with zero attached hydrogens (tertiary/aromatic N) is 3. The van der Waals surface area contributed by atoms with Crippen LogP contribution in [0.3, 0.4) is 0 Å². The maximum absolute atomic E-state index is 12.6. The molecule has 0 unspecified atom stereocenters. The van der Waals surface area contributed by atoms with Gasteiger partial charge in [0.15, 0.2) is 0 Å². The van der Waals surface area contributed by atoms with Crippen molar-refractivity contribution in [3.63, 3.8) is 0 Å². The highest BCUT2D eigenvalue weighted by molar-refractivity contribution is 7.09. The fourth-order valence-electron chi connectivity index (χ4n) is 4.00. The normalized spacial score (nSPS) is 18.8. The molecule has 6 nitrogen and oxygen atoms in total. The molecule has 0 aliphatic carbocycles. The second kappa shape index (κ2) is 8.88. The summed E-state index contributed by atoms with van der Waals surface area (Å²) >= 11 is 1.47. The summed E-state index contributed by atoms with van der Waals surface area (Å²) in [5.41, 5.74) is 1.37. The number of likely N-dealkylation sites (tertiary alicyclic amines) is 1. The molecule has 2 fully saturated rings. The standard InChI is InChI=1S/C22H25N3O3S/c26-20-21(27)25(22(28)24(20)15-19-7-4-14-29-19)16-23-12-10-18(11-13-23)9-8-17-5-2-1-3-6-17/h1-7,14,18H,8-13,15-16H2. The molecule has 0 radical (unpaired) electrons. The Balaban J connectivity index is 1.27. The zero-order valence-electron chi connectivity index (χ0n) is 16.3. The van der Waals surface area contributed by atoms with Crippen molar-refractivity contribution < 1.29 is 14.4 Å². The van der Waals surface area contributed by atoms with Gasteiger partial charge in [0.25, 0.3) is 0 Å². The van der Waals surface area contributed by atoms with Gasteiger partial charge in [-0.1, -0.05) is 36.4 Å². The molecule has 1 aromatic carbocycles. The van der Waals surface area contributed by atoms with Gasteiger partial charge in [-0.15, -0.1) is 11.3 Å². The summed E-state index contributed by atoms with van der Waals surface area (Å²) in [6, 6.07) is 13.7. The van der Waals surface area contributed by atoms with Crippen LogP contribution in [0.1, 0.15) is 29.7 Å². The van der Waals surface area contributed by atoms with Crippen molar-refractivity contribution in [2.45, 2.75) is 32.2 Å². The van der Waals surface area contributed by atoms with Crippen molar-refractivity contribution in [2.75, 3.05) is 19.8 Å². The van der Waals surface area contributed by atoms with Crippen molar-refractivity contribution in [3.8, 4) is 0 Å². The first-order chi connectivity index (χ1) is 14.1. The van der Waals surface area contributed by atoms with Crippen LogP contribution in [0.5, 0.6) is 0 Å². The van der Waals surface area contributed by atoms with E-state index in [2.05, 4.69) is 29.2 Å². The Morgan fingerprint density at radius 2 is 1.62 bits per heavy atom. The van der Waals surface area contributed by atoms with Gasteiger partial charge in [0.05, 0.1) is 13.2 Å². The molecule has 2 aromatic rings. The molecule has 7 heteroatoms. The number of carbonyl (C=O) groups excluding carboxylic acids is 3. The van der Waals surface area contributed by atoms with E-state index in [0.29, 0.717) is 5.92 Å². The van der Waals surface area contributed by atoms with Crippen molar-refractivity contribution in [2.24, 2.45) is 5.92 Å². The average molecular weight is 412 g/mol. The molecule has 152 valence electrons. The minimum absolute atomic E-state index is 0.166. The van der Waals surface area contributed by atoms with Crippen LogP contribution in [-0.4, -0.2) is 52.3 Å². The maximum Gasteiger partial charge on any atom is 0.335 e. The number of thiophene rings is 1. The molecule has 2 saturated heterocycles. The van der Waals surface area contributed by atoms with Gasteiger partial charge in [-0.05, 0) is 48.6 Å². The fourth-order valence-corrected chi connectivity index (χ4v) is 4.70. The molecule has 4 rings (SSSR count). The zero-order chi connectivity index (χ0) is 20.2. The van der Waals surface area contributed by atoms with E-state index in [4.69, 9.17) is 0 Å². The van der Waals surface area contributed by atoms with Gasteiger partial charge < -0.3 is 0 Å². The van der Waals surface area contributed by atoms with Gasteiger partial charge in [-0.3, -0.25) is 19.4 Å². The van der Waals surface area contributed by atoms with E-state index >= 15 is 0 Å². The van der Waals surface area contributed by atoms with E-state index in [1.54, 1.807) is 0 Å². The number of aryl methyl sites for hydroxylation is 1. The minimum Gasteiger partial charge on any atom is -0.285 e. The summed E-state index contributed by atoms with van der Waals surface area (Å²) in [4.78, 5) is 42.4. The number of rotatable bonds is 7. The van der Waals surface area contributed by atoms with Gasteiger partial charge in [0, 0.05) is 18.0 Å². The van der Waals surface area contributed by atoms with Crippen LogP contribution in [0.25, 0.3) is 0 Å². The number of carbonyl (C=O) groups is 3. The minimum atomic E-state index is -0.721. The van der Waals surface area contributed by atoms with E-state index in [-0.39, 0.29) is 13.2 Å². The number of amides is 4. The quantitative estimate of drug-likeness (QED) is 0.518. The number of benzene rings is 1. The van der Waals surface area contributed by atoms with Crippen LogP contribution in [0.4, 0.5) is 4.79 Å². The highest BCUT2D eigenvalue weighted by atomic mass is 32.1. The Bertz CT molecular complexity index is 861. The predicted octanol–water partition coefficient (Wildman–Crippen LogP) is 3.34. The molecule has 0 atom stereocenters. The van der Waals surface area contributed by atoms with E-state index in [1.807, 2.05) is 23.6 Å². The summed E-state index contributed by atoms with van der Waals surface area (Å²) in [6.07, 6.45) is 4.35. The number of piperidine rings is 1. The van der Waals surface area contributed by atoms with E-state index in [1.165, 1.54) is 16.9 Å². The first-order valence-electron chi connectivity index (χ1n) is 10.1. The highest BCUT2D eigenvalue weighted by Gasteiger charge is 2.45. The number of hydrogen-bond donors (Lipinski definition) is 0. The molecular formula is C22H25N3O3S. The lowest BCUT2D eigenvalue weighted by molar-refractivity contribution is -0.144. The van der Waals surface area contributed by atoms with Crippen molar-refractivity contribution >= 4 is 29.2 Å². The molecular weight excluding hydrogens is 386 g/mol. The first-order valence-corrected chi connectivity index (χ1v) is 11.0. The van der Waals surface area contributed by atoms with E-state index < -0.39 is 17.8 Å². The summed E-state index contributed by atoms with van der Waals surface area (Å²) in [5.74, 6) is -0.771. The van der Waals surface area contributed by atoms with Gasteiger partial charge in [0.1, 0.15) is 0 Å². The van der Waals surface area contributed by atoms with E-state index in [0.717, 1.165) is 53.4 Å². The Labute approximate surface area is 174 Å². The molecule has 1 aromatic heterocycles. The third kappa shape index (κ3) is 4.57. The van der Waals surface area contributed by atoms with Gasteiger partial charge in [-0.2, -0.15) is 0 Å². The summed E-state index contributed by atoms with van der Waals surface area (Å²) in [7, 11) is 0. The predicted molar refractivity (Wildman–Crippen MR) is 111 cm³/mol. The molecule has 2 aliphatic heterocycles. The Morgan fingerprint density at radius 1 is 0.897 bits per heavy atom. The van der Waals surface area contributed by atoms with Crippen molar-refractivity contribution in [1.29, 1.82) is 0 Å². The van der Waals surface area contributed by atoms with Crippen molar-refractivity contribution in [3.05, 3.63) is 58.3 Å². The first kappa shape index (κ1) is 19.8. The second-order valence-corrected chi connectivity index (χ2v) is 8.75. The van der Waals surface area contributed by atoms with Crippen LogP contribution in [-0.2, 0) is 22.6 Å². The Hall–Kier alpha value is -2.51. The Kier molecular flexibility index (Phi) is 6.06. The lowest BCUT2D eigenvalue weighted by Crippen LogP contribution is -2.45. The van der Waals surface area contributed by atoms with Crippen LogP contribution in [0.2, 0.25) is 0 Å². The average Bonchev–Trinajstić information content (AvgIpc) is 3.33. The molecule has 0 bridgehead atoms. The van der Waals surface area contributed by atoms with Crippen LogP contribution >= 0.6 is 11.3 Å². The number of urea groups is 1. The highest BCUT2D eigenvalue weighted by Crippen LogP contribution is 2.24. The summed E-state index contributed by atoms with van der Waals surface area (Å²) in [6.45, 7) is 2.06. The molecule has 0 N–H and O–H groups in total. The lowest BCUT2D eigenvalue weighted by Gasteiger charge is -2.33. The number of hydrogen-bond acceptors (Lipinski definition) is 5. The van der Waals surface area contributed by atoms with Crippen LogP contribution in [0.15, 0.2) is 47.8 Å². The number of imide groups is 2. The topological polar surface area (TPSA) is 60.9 Å². The smallest absolute Gasteiger partial charge is 0.285 e. The molecule has 0 saturated carbocycles. The largest absolute Gasteiger partial charge is 0.335 e. The third-order valence-electron chi connectivity index (χ3n) is 5.76. The summed E-state index contributed by atoms with van der Waals surface area (Å²) in [5, 5.41) is 1.89. The SMILES string of the molecule is O=C1C(=O)N(CN2CCC(CCc3ccccc3)CC2)C(=O)N1Cc1cccs1. The van der Waals surface area contributed by atoms with Crippen LogP contribution < -0.4 is 0 Å². The molecule has 4 amide bonds.